The van der Waals surface area contributed by atoms with Gasteiger partial charge in [0.1, 0.15) is 0 Å². The number of rotatable bonds is 7. The molecule has 1 aromatic carbocycles. The molecule has 0 spiro atoms. The second kappa shape index (κ2) is 7.91. The molecule has 1 N–H and O–H groups in total. The van der Waals surface area contributed by atoms with E-state index in [0.717, 1.165) is 30.4 Å². The number of Topliss-reactive ketones (excluding diaryl/α,β-unsaturated/α-hetero) is 1. The highest BCUT2D eigenvalue weighted by atomic mass is 79.9. The molecule has 2 unspecified atom stereocenters. The molecule has 2 atom stereocenters. The Morgan fingerprint density at radius 1 is 1.22 bits per heavy atom. The predicted molar refractivity (Wildman–Crippen MR) is 97.5 cm³/mol. The monoisotopic (exact) mass is 377 g/mol. The van der Waals surface area contributed by atoms with Crippen LogP contribution in [-0.2, 0) is 4.79 Å². The van der Waals surface area contributed by atoms with E-state index in [9.17, 15) is 9.59 Å². The molecule has 0 saturated heterocycles. The first kappa shape index (κ1) is 17.9. The standard InChI is InChI=1S/C19H24BrNO2/c1-4-6-11-15(22)21-18-16(17(20)12(3)5-2)13-9-7-8-10-14(13)19(18)23/h7-10,12,17H,4-6,11H2,1-3H3,(H,21,22,23). The van der Waals surface area contributed by atoms with Crippen LogP contribution in [0.5, 0.6) is 0 Å². The maximum atomic E-state index is 12.7. The van der Waals surface area contributed by atoms with E-state index in [4.69, 9.17) is 0 Å². The number of amides is 1. The minimum absolute atomic E-state index is 0.0431. The molecule has 1 aliphatic carbocycles. The number of nitrogens with one attached hydrogen (secondary N) is 1. The Morgan fingerprint density at radius 2 is 1.87 bits per heavy atom. The zero-order valence-corrected chi connectivity index (χ0v) is 15.6. The number of hydrogen-bond donors (Lipinski definition) is 1. The number of alkyl halides is 1. The van der Waals surface area contributed by atoms with Crippen molar-refractivity contribution in [2.75, 3.05) is 0 Å². The van der Waals surface area contributed by atoms with Crippen molar-refractivity contribution in [2.24, 2.45) is 5.92 Å². The zero-order chi connectivity index (χ0) is 17.0. The van der Waals surface area contributed by atoms with Crippen LogP contribution in [0, 0.1) is 5.92 Å². The zero-order valence-electron chi connectivity index (χ0n) is 14.0. The first-order valence-electron chi connectivity index (χ1n) is 8.33. The summed E-state index contributed by atoms with van der Waals surface area (Å²) in [5, 5.41) is 2.88. The SMILES string of the molecule is CCCCC(=O)NC1=C(C(Br)C(C)CC)c2ccccc2C1=O. The van der Waals surface area contributed by atoms with Crippen molar-refractivity contribution in [3.05, 3.63) is 41.1 Å². The number of fused-ring (bicyclic) bond motifs is 1. The summed E-state index contributed by atoms with van der Waals surface area (Å²) in [6.45, 7) is 6.32. The predicted octanol–water partition coefficient (Wildman–Crippen LogP) is 4.71. The highest BCUT2D eigenvalue weighted by Gasteiger charge is 2.35. The molecule has 124 valence electrons. The van der Waals surface area contributed by atoms with Crippen molar-refractivity contribution in [3.63, 3.8) is 0 Å². The number of ketones is 1. The summed E-state index contributed by atoms with van der Waals surface area (Å²) in [6.07, 6.45) is 3.24. The molecule has 0 aliphatic heterocycles. The normalized spacial score (nSPS) is 16.3. The van der Waals surface area contributed by atoms with Crippen LogP contribution in [0.15, 0.2) is 30.0 Å². The maximum absolute atomic E-state index is 12.7. The number of hydrogen-bond acceptors (Lipinski definition) is 2. The molecular weight excluding hydrogens is 354 g/mol. The minimum atomic E-state index is -0.0793. The Balaban J connectivity index is 2.40. The molecular formula is C19H24BrNO2. The fraction of sp³-hybridized carbons (Fsp3) is 0.474. The first-order valence-corrected chi connectivity index (χ1v) is 9.24. The Kier molecular flexibility index (Phi) is 6.17. The van der Waals surface area contributed by atoms with E-state index in [0.29, 0.717) is 23.6 Å². The Morgan fingerprint density at radius 3 is 2.48 bits per heavy atom. The quantitative estimate of drug-likeness (QED) is 0.699. The van der Waals surface area contributed by atoms with E-state index >= 15 is 0 Å². The van der Waals surface area contributed by atoms with Gasteiger partial charge in [-0.25, -0.2) is 0 Å². The number of halogens is 1. The molecule has 0 bridgehead atoms. The molecule has 1 amide bonds. The van der Waals surface area contributed by atoms with E-state index in [1.165, 1.54) is 0 Å². The molecule has 0 heterocycles. The van der Waals surface area contributed by atoms with Crippen LogP contribution in [0.2, 0.25) is 0 Å². The Hall–Kier alpha value is -1.42. The number of benzene rings is 1. The summed E-state index contributed by atoms with van der Waals surface area (Å²) < 4.78 is 0. The van der Waals surface area contributed by atoms with Crippen molar-refractivity contribution < 1.29 is 9.59 Å². The van der Waals surface area contributed by atoms with E-state index in [-0.39, 0.29) is 16.5 Å². The molecule has 1 aliphatic rings. The maximum Gasteiger partial charge on any atom is 0.224 e. The highest BCUT2D eigenvalue weighted by molar-refractivity contribution is 9.09. The van der Waals surface area contributed by atoms with Crippen LogP contribution in [0.25, 0.3) is 5.57 Å². The topological polar surface area (TPSA) is 46.2 Å². The minimum Gasteiger partial charge on any atom is -0.323 e. The van der Waals surface area contributed by atoms with Crippen LogP contribution >= 0.6 is 15.9 Å². The molecule has 0 aromatic heterocycles. The van der Waals surface area contributed by atoms with Crippen LogP contribution in [0.3, 0.4) is 0 Å². The van der Waals surface area contributed by atoms with Crippen LogP contribution in [0.1, 0.15) is 62.4 Å². The lowest BCUT2D eigenvalue weighted by atomic mass is 9.94. The van der Waals surface area contributed by atoms with Crippen molar-refractivity contribution in [1.82, 2.24) is 5.32 Å². The lowest BCUT2D eigenvalue weighted by Crippen LogP contribution is -2.27. The van der Waals surface area contributed by atoms with Gasteiger partial charge in [0.15, 0.2) is 0 Å². The molecule has 0 fully saturated rings. The van der Waals surface area contributed by atoms with Gasteiger partial charge in [0, 0.05) is 22.4 Å². The number of carbonyl (C=O) groups is 2. The molecule has 23 heavy (non-hydrogen) atoms. The summed E-state index contributed by atoms with van der Waals surface area (Å²) >= 11 is 3.75. The van der Waals surface area contributed by atoms with Gasteiger partial charge < -0.3 is 5.32 Å². The lowest BCUT2D eigenvalue weighted by Gasteiger charge is -2.20. The van der Waals surface area contributed by atoms with E-state index < -0.39 is 0 Å². The number of allylic oxidation sites excluding steroid dienone is 2. The average Bonchev–Trinajstić information content (AvgIpc) is 2.84. The second-order valence-corrected chi connectivity index (χ2v) is 7.09. The fourth-order valence-electron chi connectivity index (χ4n) is 2.75. The molecule has 1 aromatic rings. The summed E-state index contributed by atoms with van der Waals surface area (Å²) in [4.78, 5) is 24.9. The van der Waals surface area contributed by atoms with Gasteiger partial charge in [-0.2, -0.15) is 0 Å². The van der Waals surface area contributed by atoms with Gasteiger partial charge in [-0.15, -0.1) is 0 Å². The molecule has 4 heteroatoms. The van der Waals surface area contributed by atoms with Crippen LogP contribution in [0.4, 0.5) is 0 Å². The van der Waals surface area contributed by atoms with Crippen molar-refractivity contribution in [3.8, 4) is 0 Å². The van der Waals surface area contributed by atoms with E-state index in [1.807, 2.05) is 31.2 Å². The van der Waals surface area contributed by atoms with Crippen molar-refractivity contribution in [2.45, 2.75) is 51.3 Å². The van der Waals surface area contributed by atoms with Gasteiger partial charge in [-0.05, 0) is 17.9 Å². The summed E-state index contributed by atoms with van der Waals surface area (Å²) in [7, 11) is 0. The second-order valence-electron chi connectivity index (χ2n) is 6.10. The average molecular weight is 378 g/mol. The highest BCUT2D eigenvalue weighted by Crippen LogP contribution is 2.40. The van der Waals surface area contributed by atoms with E-state index in [2.05, 4.69) is 35.1 Å². The van der Waals surface area contributed by atoms with Gasteiger partial charge in [-0.1, -0.05) is 73.8 Å². The number of unbranched alkanes of at least 4 members (excludes halogenated alkanes) is 1. The van der Waals surface area contributed by atoms with Crippen molar-refractivity contribution >= 4 is 33.2 Å². The molecule has 0 radical (unpaired) electrons. The molecule has 2 rings (SSSR count). The van der Waals surface area contributed by atoms with Gasteiger partial charge in [0.25, 0.3) is 0 Å². The van der Waals surface area contributed by atoms with E-state index in [1.54, 1.807) is 0 Å². The third kappa shape index (κ3) is 3.74. The third-order valence-electron chi connectivity index (χ3n) is 4.40. The van der Waals surface area contributed by atoms with Crippen molar-refractivity contribution in [1.29, 1.82) is 0 Å². The number of carbonyl (C=O) groups excluding carboxylic acids is 2. The van der Waals surface area contributed by atoms with Crippen LogP contribution in [-0.4, -0.2) is 16.5 Å². The molecule has 0 saturated carbocycles. The largest absolute Gasteiger partial charge is 0.323 e. The van der Waals surface area contributed by atoms with Gasteiger partial charge in [0.2, 0.25) is 11.7 Å². The first-order chi connectivity index (χ1) is 11.0. The molecule has 3 nitrogen and oxygen atoms in total. The Labute approximate surface area is 146 Å². The summed E-state index contributed by atoms with van der Waals surface area (Å²) in [5.74, 6) is 0.212. The van der Waals surface area contributed by atoms with Crippen LogP contribution < -0.4 is 5.32 Å². The summed E-state index contributed by atoms with van der Waals surface area (Å²) in [6, 6.07) is 7.59. The third-order valence-corrected chi connectivity index (χ3v) is 5.76. The van der Waals surface area contributed by atoms with Gasteiger partial charge in [-0.3, -0.25) is 9.59 Å². The lowest BCUT2D eigenvalue weighted by molar-refractivity contribution is -0.120. The smallest absolute Gasteiger partial charge is 0.224 e. The Bertz CT molecular complexity index is 636. The summed E-state index contributed by atoms with van der Waals surface area (Å²) in [5.41, 5.74) is 2.99. The fourth-order valence-corrected chi connectivity index (χ4v) is 3.60. The van der Waals surface area contributed by atoms with Gasteiger partial charge in [0.05, 0.1) is 5.70 Å². The van der Waals surface area contributed by atoms with Gasteiger partial charge >= 0.3 is 0 Å².